The lowest BCUT2D eigenvalue weighted by atomic mass is 10.1. The van der Waals surface area contributed by atoms with Crippen molar-refractivity contribution in [3.63, 3.8) is 0 Å². The quantitative estimate of drug-likeness (QED) is 0.433. The highest BCUT2D eigenvalue weighted by Gasteiger charge is 2.20. The van der Waals surface area contributed by atoms with Crippen LogP contribution in [0.5, 0.6) is 0 Å². The second-order valence-electron chi connectivity index (χ2n) is 8.29. The number of guanidine groups is 1. The molecule has 0 bridgehead atoms. The molecule has 5 N–H and O–H groups in total. The number of hydrogen-bond donors (Lipinski definition) is 3. The fourth-order valence-corrected chi connectivity index (χ4v) is 5.67. The molecule has 8 heteroatoms. The van der Waals surface area contributed by atoms with Crippen LogP contribution in [0.1, 0.15) is 0 Å². The van der Waals surface area contributed by atoms with E-state index in [1.807, 2.05) is 16.2 Å². The van der Waals surface area contributed by atoms with E-state index in [0.717, 1.165) is 52.4 Å². The molecular weight excluding hydrogens is 406 g/mol. The predicted octanol–water partition coefficient (Wildman–Crippen LogP) is 2.62. The molecule has 2 aliphatic rings. The molecule has 0 saturated carbocycles. The van der Waals surface area contributed by atoms with Crippen LogP contribution in [0, 0.1) is 5.41 Å². The maximum Gasteiger partial charge on any atom is 0.188 e. The minimum atomic E-state index is 0.170. The maximum absolute atomic E-state index is 7.64. The first-order chi connectivity index (χ1) is 15.0. The summed E-state index contributed by atoms with van der Waals surface area (Å²) in [6, 6.07) is 13.6. The Labute approximate surface area is 186 Å². The number of hydrogen-bond acceptors (Lipinski definition) is 6. The molecule has 0 aliphatic carbocycles. The van der Waals surface area contributed by atoms with E-state index < -0.39 is 0 Å². The Morgan fingerprint density at radius 3 is 1.61 bits per heavy atom. The number of nitrogens with zero attached hydrogens (tertiary/aromatic N) is 4. The van der Waals surface area contributed by atoms with Gasteiger partial charge >= 0.3 is 0 Å². The second-order valence-corrected chi connectivity index (χ2v) is 9.37. The minimum Gasteiger partial charge on any atom is -0.386 e. The summed E-state index contributed by atoms with van der Waals surface area (Å²) in [6.45, 7) is 11.0. The van der Waals surface area contributed by atoms with Gasteiger partial charge in [-0.3, -0.25) is 5.41 Å². The molecule has 2 saturated heterocycles. The zero-order valence-corrected chi connectivity index (χ0v) is 18.5. The number of nitrogens with one attached hydrogen (secondary N) is 1. The number of benzene rings is 2. The Balaban J connectivity index is 1.42. The lowest BCUT2D eigenvalue weighted by molar-refractivity contribution is 0.319. The summed E-state index contributed by atoms with van der Waals surface area (Å²) in [7, 11) is 0. The van der Waals surface area contributed by atoms with Crippen LogP contribution in [0.25, 0.3) is 20.2 Å². The normalized spacial score (nSPS) is 17.5. The van der Waals surface area contributed by atoms with E-state index in [4.69, 9.17) is 16.9 Å². The lowest BCUT2D eigenvalue weighted by Gasteiger charge is -2.37. The largest absolute Gasteiger partial charge is 0.386 e. The molecule has 0 unspecified atom stereocenters. The molecule has 2 aromatic carbocycles. The zero-order chi connectivity index (χ0) is 21.5. The van der Waals surface area contributed by atoms with E-state index in [9.17, 15) is 0 Å². The average Bonchev–Trinajstić information content (AvgIpc) is 3.16. The van der Waals surface area contributed by atoms with Crippen LogP contribution >= 0.6 is 11.3 Å². The lowest BCUT2D eigenvalue weighted by Crippen LogP contribution is -2.50. The van der Waals surface area contributed by atoms with Crippen molar-refractivity contribution < 1.29 is 0 Å². The summed E-state index contributed by atoms with van der Waals surface area (Å²) in [5.74, 6) is 0.832. The van der Waals surface area contributed by atoms with Gasteiger partial charge in [-0.1, -0.05) is 6.58 Å². The Kier molecular flexibility index (Phi) is 5.02. The van der Waals surface area contributed by atoms with Gasteiger partial charge in [-0.15, -0.1) is 11.3 Å². The standard InChI is InChI=1S/C23H29N7S/c1-16(24)27-6-8-28(9-7-27)17-2-4-21-19(14-17)20-15-18(3-5-22(20)31-21)29-10-12-30(13-11-29)23(25)26/h2-5,14-15H,1,6-13,24H2,(H3,25,26). The van der Waals surface area contributed by atoms with Crippen LogP contribution in [0.4, 0.5) is 11.4 Å². The topological polar surface area (TPSA) is 88.9 Å². The van der Waals surface area contributed by atoms with Crippen molar-refractivity contribution >= 4 is 48.8 Å². The zero-order valence-electron chi connectivity index (χ0n) is 17.7. The van der Waals surface area contributed by atoms with Gasteiger partial charge in [-0.25, -0.2) is 0 Å². The van der Waals surface area contributed by atoms with E-state index >= 15 is 0 Å². The Hall–Kier alpha value is -3.13. The molecular formula is C23H29N7S. The number of nitrogens with two attached hydrogens (primary N) is 2. The minimum absolute atomic E-state index is 0.170. The summed E-state index contributed by atoms with van der Waals surface area (Å²) in [6.07, 6.45) is 0. The van der Waals surface area contributed by atoms with Crippen molar-refractivity contribution in [2.75, 3.05) is 62.2 Å². The third kappa shape index (κ3) is 3.72. The Morgan fingerprint density at radius 2 is 1.19 bits per heavy atom. The molecule has 1 aromatic heterocycles. The van der Waals surface area contributed by atoms with Gasteiger partial charge in [0.25, 0.3) is 0 Å². The molecule has 0 spiro atoms. The molecule has 0 atom stereocenters. The number of thiophene rings is 1. The molecule has 31 heavy (non-hydrogen) atoms. The van der Waals surface area contributed by atoms with Gasteiger partial charge in [-0.2, -0.15) is 0 Å². The van der Waals surface area contributed by atoms with Crippen LogP contribution < -0.4 is 21.3 Å². The van der Waals surface area contributed by atoms with Gasteiger partial charge in [0.2, 0.25) is 0 Å². The smallest absolute Gasteiger partial charge is 0.188 e. The van der Waals surface area contributed by atoms with Crippen LogP contribution in [0.3, 0.4) is 0 Å². The van der Waals surface area contributed by atoms with E-state index in [-0.39, 0.29) is 5.96 Å². The second kappa shape index (κ2) is 7.85. The van der Waals surface area contributed by atoms with Crippen molar-refractivity contribution in [3.05, 3.63) is 48.8 Å². The maximum atomic E-state index is 7.64. The van der Waals surface area contributed by atoms with Crippen molar-refractivity contribution in [2.45, 2.75) is 0 Å². The first kappa shape index (κ1) is 19.8. The predicted molar refractivity (Wildman–Crippen MR) is 132 cm³/mol. The monoisotopic (exact) mass is 435 g/mol. The summed E-state index contributed by atoms with van der Waals surface area (Å²) in [5.41, 5.74) is 14.0. The van der Waals surface area contributed by atoms with Crippen LogP contribution in [-0.4, -0.2) is 68.1 Å². The SMILES string of the molecule is C=C(N)N1CCN(c2ccc3sc4ccc(N5CCN(C(=N)N)CC5)cc4c3c2)CC1. The van der Waals surface area contributed by atoms with Crippen molar-refractivity contribution in [2.24, 2.45) is 11.5 Å². The average molecular weight is 436 g/mol. The number of rotatable bonds is 3. The number of piperazine rings is 2. The summed E-state index contributed by atoms with van der Waals surface area (Å²) < 4.78 is 2.65. The third-order valence-corrected chi connectivity index (χ3v) is 7.62. The molecule has 2 aliphatic heterocycles. The molecule has 3 aromatic rings. The van der Waals surface area contributed by atoms with E-state index in [2.05, 4.69) is 57.7 Å². The molecule has 0 radical (unpaired) electrons. The van der Waals surface area contributed by atoms with Gasteiger partial charge in [0, 0.05) is 83.9 Å². The number of fused-ring (bicyclic) bond motifs is 3. The van der Waals surface area contributed by atoms with Crippen LogP contribution in [0.2, 0.25) is 0 Å². The van der Waals surface area contributed by atoms with Crippen molar-refractivity contribution in [3.8, 4) is 0 Å². The van der Waals surface area contributed by atoms with Gasteiger partial charge in [-0.05, 0) is 36.4 Å². The Bertz CT molecular complexity index is 1050. The first-order valence-corrected chi connectivity index (χ1v) is 11.6. The highest BCUT2D eigenvalue weighted by atomic mass is 32.1. The Morgan fingerprint density at radius 1 is 0.742 bits per heavy atom. The highest BCUT2D eigenvalue weighted by molar-refractivity contribution is 7.25. The first-order valence-electron chi connectivity index (χ1n) is 10.7. The molecule has 7 nitrogen and oxygen atoms in total. The molecule has 162 valence electrons. The van der Waals surface area contributed by atoms with Gasteiger partial charge in [0.1, 0.15) is 0 Å². The van der Waals surface area contributed by atoms with Crippen molar-refractivity contribution in [1.29, 1.82) is 5.41 Å². The van der Waals surface area contributed by atoms with Crippen LogP contribution in [-0.2, 0) is 0 Å². The van der Waals surface area contributed by atoms with E-state index in [1.165, 1.54) is 31.5 Å². The van der Waals surface area contributed by atoms with Gasteiger partial charge in [0.15, 0.2) is 5.96 Å². The summed E-state index contributed by atoms with van der Waals surface area (Å²) in [4.78, 5) is 8.91. The number of anilines is 2. The van der Waals surface area contributed by atoms with E-state index in [0.29, 0.717) is 5.82 Å². The van der Waals surface area contributed by atoms with Gasteiger partial charge < -0.3 is 31.1 Å². The van der Waals surface area contributed by atoms with Crippen LogP contribution in [0.15, 0.2) is 48.8 Å². The third-order valence-electron chi connectivity index (χ3n) is 6.47. The van der Waals surface area contributed by atoms with E-state index in [1.54, 1.807) is 0 Å². The van der Waals surface area contributed by atoms with Crippen molar-refractivity contribution in [1.82, 2.24) is 9.80 Å². The molecule has 2 fully saturated rings. The fourth-order valence-electron chi connectivity index (χ4n) is 4.60. The summed E-state index contributed by atoms with van der Waals surface area (Å²) in [5, 5.41) is 10.3. The highest BCUT2D eigenvalue weighted by Crippen LogP contribution is 2.38. The summed E-state index contributed by atoms with van der Waals surface area (Å²) >= 11 is 1.85. The molecule has 3 heterocycles. The fraction of sp³-hybridized carbons (Fsp3) is 0.348. The van der Waals surface area contributed by atoms with Gasteiger partial charge in [0.05, 0.1) is 5.82 Å². The molecule has 0 amide bonds. The molecule has 5 rings (SSSR count).